The van der Waals surface area contributed by atoms with Crippen LogP contribution in [0.2, 0.25) is 5.02 Å². The van der Waals surface area contributed by atoms with Gasteiger partial charge >= 0.3 is 0 Å². The van der Waals surface area contributed by atoms with Crippen LogP contribution in [0.5, 0.6) is 5.75 Å². The summed E-state index contributed by atoms with van der Waals surface area (Å²) in [5, 5.41) is 3.30. The van der Waals surface area contributed by atoms with Crippen molar-refractivity contribution in [1.82, 2.24) is 5.32 Å². The molecule has 0 aromatic heterocycles. The van der Waals surface area contributed by atoms with Crippen LogP contribution < -0.4 is 10.1 Å². The number of ether oxygens (including phenoxy) is 1. The number of carbonyl (C=O) groups is 1. The fourth-order valence-electron chi connectivity index (χ4n) is 1.32. The first-order chi connectivity index (χ1) is 8.02. The van der Waals surface area contributed by atoms with E-state index in [4.69, 9.17) is 16.3 Å². The van der Waals surface area contributed by atoms with Gasteiger partial charge in [-0.1, -0.05) is 34.1 Å². The molecule has 3 nitrogen and oxygen atoms in total. The normalized spacial score (nSPS) is 9.82. The molecule has 0 fully saturated rings. The van der Waals surface area contributed by atoms with Gasteiger partial charge in [0.2, 0.25) is 5.91 Å². The van der Waals surface area contributed by atoms with Crippen LogP contribution in [0.15, 0.2) is 29.3 Å². The number of nitrogens with one attached hydrogen (secondary N) is 1. The molecule has 0 aliphatic rings. The summed E-state index contributed by atoms with van der Waals surface area (Å²) < 4.78 is 5.89. The summed E-state index contributed by atoms with van der Waals surface area (Å²) in [5.74, 6) is 0.549. The average molecular weight is 319 g/mol. The second-order valence-electron chi connectivity index (χ2n) is 3.43. The van der Waals surface area contributed by atoms with Crippen molar-refractivity contribution < 1.29 is 9.53 Å². The van der Waals surface area contributed by atoms with Crippen LogP contribution in [0, 0.1) is 0 Å². The van der Waals surface area contributed by atoms with Crippen LogP contribution in [-0.2, 0) is 11.2 Å². The third-order valence-electron chi connectivity index (χ3n) is 2.07. The van der Waals surface area contributed by atoms with Crippen LogP contribution in [0.4, 0.5) is 0 Å². The Hall–Kier alpha value is -1.00. The molecule has 5 heteroatoms. The number of benzene rings is 1. The van der Waals surface area contributed by atoms with Crippen molar-refractivity contribution in [3.8, 4) is 5.75 Å². The fourth-order valence-corrected chi connectivity index (χ4v) is 1.65. The summed E-state index contributed by atoms with van der Waals surface area (Å²) in [6, 6.07) is 5.19. The molecule has 0 bridgehead atoms. The first-order valence-electron chi connectivity index (χ1n) is 4.95. The molecule has 0 atom stereocenters. The van der Waals surface area contributed by atoms with Gasteiger partial charge in [0.05, 0.1) is 13.5 Å². The Balaban J connectivity index is 2.69. The molecule has 0 saturated carbocycles. The van der Waals surface area contributed by atoms with E-state index in [0.717, 1.165) is 10.0 Å². The Bertz CT molecular complexity index is 435. The number of methoxy groups -OCH3 is 1. The predicted molar refractivity (Wildman–Crippen MR) is 72.8 cm³/mol. The van der Waals surface area contributed by atoms with Crippen molar-refractivity contribution in [3.63, 3.8) is 0 Å². The first-order valence-corrected chi connectivity index (χ1v) is 6.12. The van der Waals surface area contributed by atoms with Gasteiger partial charge in [0.15, 0.2) is 0 Å². The molecule has 0 spiro atoms. The maximum absolute atomic E-state index is 11.6. The molecule has 0 heterocycles. The van der Waals surface area contributed by atoms with Gasteiger partial charge in [-0.15, -0.1) is 0 Å². The maximum Gasteiger partial charge on any atom is 0.224 e. The molecular formula is C12H13BrClNO2. The Morgan fingerprint density at radius 3 is 2.88 bits per heavy atom. The highest BCUT2D eigenvalue weighted by Crippen LogP contribution is 2.22. The van der Waals surface area contributed by atoms with Crippen molar-refractivity contribution in [1.29, 1.82) is 0 Å². The summed E-state index contributed by atoms with van der Waals surface area (Å²) in [6.45, 7) is 4.04. The van der Waals surface area contributed by atoms with E-state index in [1.165, 1.54) is 0 Å². The zero-order valence-corrected chi connectivity index (χ0v) is 11.8. The van der Waals surface area contributed by atoms with Gasteiger partial charge in [0.1, 0.15) is 5.75 Å². The topological polar surface area (TPSA) is 38.3 Å². The van der Waals surface area contributed by atoms with E-state index in [2.05, 4.69) is 27.8 Å². The number of rotatable bonds is 5. The second kappa shape index (κ2) is 6.67. The second-order valence-corrected chi connectivity index (χ2v) is 4.98. The summed E-state index contributed by atoms with van der Waals surface area (Å²) >= 11 is 9.05. The number of hydrogen-bond acceptors (Lipinski definition) is 2. The highest BCUT2D eigenvalue weighted by Gasteiger charge is 2.09. The van der Waals surface area contributed by atoms with Gasteiger partial charge in [-0.3, -0.25) is 4.79 Å². The molecule has 17 heavy (non-hydrogen) atoms. The van der Waals surface area contributed by atoms with E-state index in [9.17, 15) is 4.79 Å². The Kier molecular flexibility index (Phi) is 5.51. The van der Waals surface area contributed by atoms with Crippen LogP contribution in [0.1, 0.15) is 5.56 Å². The Morgan fingerprint density at radius 1 is 1.59 bits per heavy atom. The minimum absolute atomic E-state index is 0.105. The summed E-state index contributed by atoms with van der Waals surface area (Å²) in [4.78, 5) is 11.6. The van der Waals surface area contributed by atoms with Crippen molar-refractivity contribution >= 4 is 33.4 Å². The smallest absolute Gasteiger partial charge is 0.224 e. The summed E-state index contributed by atoms with van der Waals surface area (Å²) in [5.41, 5.74) is 0.762. The van der Waals surface area contributed by atoms with Crippen LogP contribution in [-0.4, -0.2) is 19.6 Å². The van der Waals surface area contributed by atoms with Crippen molar-refractivity contribution in [2.75, 3.05) is 13.7 Å². The summed E-state index contributed by atoms with van der Waals surface area (Å²) in [7, 11) is 1.56. The molecule has 0 saturated heterocycles. The summed E-state index contributed by atoms with van der Waals surface area (Å²) in [6.07, 6.45) is 0.226. The van der Waals surface area contributed by atoms with E-state index >= 15 is 0 Å². The lowest BCUT2D eigenvalue weighted by molar-refractivity contribution is -0.120. The highest BCUT2D eigenvalue weighted by molar-refractivity contribution is 9.11. The van der Waals surface area contributed by atoms with Gasteiger partial charge in [-0.2, -0.15) is 0 Å². The molecule has 0 aliphatic carbocycles. The van der Waals surface area contributed by atoms with E-state index in [1.54, 1.807) is 25.3 Å². The third-order valence-corrected chi connectivity index (χ3v) is 2.59. The number of amides is 1. The van der Waals surface area contributed by atoms with Crippen molar-refractivity contribution in [2.24, 2.45) is 0 Å². The van der Waals surface area contributed by atoms with Crippen molar-refractivity contribution in [2.45, 2.75) is 6.42 Å². The predicted octanol–water partition coefficient (Wildman–Crippen LogP) is 2.92. The maximum atomic E-state index is 11.6. The minimum Gasteiger partial charge on any atom is -0.496 e. The van der Waals surface area contributed by atoms with E-state index in [-0.39, 0.29) is 12.3 Å². The van der Waals surface area contributed by atoms with Gasteiger partial charge in [-0.25, -0.2) is 0 Å². The van der Waals surface area contributed by atoms with Gasteiger partial charge in [-0.05, 0) is 18.2 Å². The van der Waals surface area contributed by atoms with E-state index in [1.807, 2.05) is 0 Å². The van der Waals surface area contributed by atoms with Crippen LogP contribution in [0.3, 0.4) is 0 Å². The average Bonchev–Trinajstić information content (AvgIpc) is 2.27. The van der Waals surface area contributed by atoms with Gasteiger partial charge in [0.25, 0.3) is 0 Å². The molecule has 1 amide bonds. The van der Waals surface area contributed by atoms with Gasteiger partial charge in [0, 0.05) is 21.6 Å². The molecular weight excluding hydrogens is 305 g/mol. The van der Waals surface area contributed by atoms with Gasteiger partial charge < -0.3 is 10.1 Å². The number of carbonyl (C=O) groups excluding carboxylic acids is 1. The Labute approximate surface area is 114 Å². The largest absolute Gasteiger partial charge is 0.496 e. The van der Waals surface area contributed by atoms with Crippen LogP contribution in [0.25, 0.3) is 0 Å². The SMILES string of the molecule is C=C(Br)CNC(=O)Cc1cc(Cl)ccc1OC. The highest BCUT2D eigenvalue weighted by atomic mass is 79.9. The zero-order chi connectivity index (χ0) is 12.8. The molecule has 1 N–H and O–H groups in total. The quantitative estimate of drug-likeness (QED) is 0.906. The van der Waals surface area contributed by atoms with Crippen LogP contribution >= 0.6 is 27.5 Å². The lowest BCUT2D eigenvalue weighted by Crippen LogP contribution is -2.26. The third kappa shape index (κ3) is 4.79. The number of hydrogen-bond donors (Lipinski definition) is 1. The number of halogens is 2. The monoisotopic (exact) mass is 317 g/mol. The molecule has 0 aliphatic heterocycles. The fraction of sp³-hybridized carbons (Fsp3) is 0.250. The zero-order valence-electron chi connectivity index (χ0n) is 9.43. The molecule has 0 unspecified atom stereocenters. The molecule has 1 rings (SSSR count). The Morgan fingerprint density at radius 2 is 2.29 bits per heavy atom. The van der Waals surface area contributed by atoms with Crippen molar-refractivity contribution in [3.05, 3.63) is 39.8 Å². The molecule has 1 aromatic rings. The van der Waals surface area contributed by atoms with E-state index < -0.39 is 0 Å². The lowest BCUT2D eigenvalue weighted by Gasteiger charge is -2.09. The molecule has 0 radical (unpaired) electrons. The molecule has 92 valence electrons. The first kappa shape index (κ1) is 14.1. The lowest BCUT2D eigenvalue weighted by atomic mass is 10.1. The van der Waals surface area contributed by atoms with E-state index in [0.29, 0.717) is 17.3 Å². The minimum atomic E-state index is -0.105. The standard InChI is InChI=1S/C12H13BrClNO2/c1-8(13)7-15-12(16)6-9-5-10(14)3-4-11(9)17-2/h3-5H,1,6-7H2,2H3,(H,15,16). The molecule has 1 aromatic carbocycles.